The zero-order chi connectivity index (χ0) is 14.3. The van der Waals surface area contributed by atoms with Gasteiger partial charge in [0.2, 0.25) is 0 Å². The lowest BCUT2D eigenvalue weighted by molar-refractivity contribution is -0.0853. The minimum absolute atomic E-state index is 0.304. The Bertz CT molecular complexity index is 352. The van der Waals surface area contributed by atoms with E-state index in [4.69, 9.17) is 5.73 Å². The molecule has 1 atom stereocenters. The second kappa shape index (κ2) is 5.80. The summed E-state index contributed by atoms with van der Waals surface area (Å²) < 4.78 is 0. The van der Waals surface area contributed by atoms with Crippen molar-refractivity contribution >= 4 is 0 Å². The summed E-state index contributed by atoms with van der Waals surface area (Å²) in [5, 5.41) is 0. The van der Waals surface area contributed by atoms with Gasteiger partial charge >= 0.3 is 0 Å². The Morgan fingerprint density at radius 2 is 1.52 bits per heavy atom. The van der Waals surface area contributed by atoms with Gasteiger partial charge in [-0.2, -0.15) is 0 Å². The molecule has 2 bridgehead atoms. The van der Waals surface area contributed by atoms with E-state index in [9.17, 15) is 0 Å². The van der Waals surface area contributed by atoms with E-state index in [1.807, 2.05) is 0 Å². The number of fused-ring (bicyclic) bond motifs is 3. The van der Waals surface area contributed by atoms with Crippen LogP contribution >= 0.6 is 0 Å². The number of piperazine rings is 1. The lowest BCUT2D eigenvalue weighted by Gasteiger charge is -2.59. The molecule has 4 heteroatoms. The molecule has 120 valence electrons. The highest BCUT2D eigenvalue weighted by Crippen LogP contribution is 2.40. The highest BCUT2D eigenvalue weighted by Gasteiger charge is 2.50. The van der Waals surface area contributed by atoms with Crippen molar-refractivity contribution in [2.75, 3.05) is 52.4 Å². The topological polar surface area (TPSA) is 35.7 Å². The van der Waals surface area contributed by atoms with Gasteiger partial charge in [-0.1, -0.05) is 12.8 Å². The first-order valence-corrected chi connectivity index (χ1v) is 9.23. The molecule has 5 fully saturated rings. The smallest absolute Gasteiger partial charge is 0.0488 e. The number of nitrogens with two attached hydrogens (primary N) is 1. The molecule has 0 spiro atoms. The summed E-state index contributed by atoms with van der Waals surface area (Å²) in [4.78, 5) is 8.22. The summed E-state index contributed by atoms with van der Waals surface area (Å²) in [6.45, 7) is 9.77. The van der Waals surface area contributed by atoms with Crippen LogP contribution in [0.3, 0.4) is 0 Å². The lowest BCUT2D eigenvalue weighted by Crippen LogP contribution is -2.72. The first kappa shape index (κ1) is 14.4. The molecule has 4 saturated heterocycles. The number of hydrogen-bond acceptors (Lipinski definition) is 4. The fraction of sp³-hybridized carbons (Fsp3) is 1.00. The quantitative estimate of drug-likeness (QED) is 0.841. The molecule has 0 radical (unpaired) electrons. The largest absolute Gasteiger partial charge is 0.329 e. The molecule has 4 heterocycles. The van der Waals surface area contributed by atoms with E-state index in [0.29, 0.717) is 5.54 Å². The van der Waals surface area contributed by atoms with Crippen molar-refractivity contribution in [2.24, 2.45) is 11.7 Å². The van der Waals surface area contributed by atoms with Crippen molar-refractivity contribution in [2.45, 2.75) is 50.1 Å². The van der Waals surface area contributed by atoms with Crippen molar-refractivity contribution in [3.05, 3.63) is 0 Å². The molecule has 0 aromatic heterocycles. The van der Waals surface area contributed by atoms with E-state index in [-0.39, 0.29) is 0 Å². The maximum absolute atomic E-state index is 6.33. The van der Waals surface area contributed by atoms with Crippen LogP contribution in [0.25, 0.3) is 0 Å². The molecule has 4 aliphatic heterocycles. The Morgan fingerprint density at radius 3 is 2.05 bits per heavy atom. The Labute approximate surface area is 129 Å². The average Bonchev–Trinajstić information content (AvgIpc) is 3.10. The SMILES string of the molecule is NCC1(N2CCN(C3CCCC3)CC2)CN2CCC1CC2. The summed E-state index contributed by atoms with van der Waals surface area (Å²) in [6.07, 6.45) is 8.54. The predicted octanol–water partition coefficient (Wildman–Crippen LogP) is 0.970. The van der Waals surface area contributed by atoms with Gasteiger partial charge < -0.3 is 10.6 Å². The van der Waals surface area contributed by atoms with Gasteiger partial charge in [0.25, 0.3) is 0 Å². The fourth-order valence-electron chi connectivity index (χ4n) is 5.67. The summed E-state index contributed by atoms with van der Waals surface area (Å²) in [5.74, 6) is 0.852. The predicted molar refractivity (Wildman–Crippen MR) is 86.4 cm³/mol. The third kappa shape index (κ3) is 2.44. The van der Waals surface area contributed by atoms with Gasteiger partial charge in [0.05, 0.1) is 0 Å². The van der Waals surface area contributed by atoms with Crippen LogP contribution in [-0.4, -0.2) is 78.6 Å². The van der Waals surface area contributed by atoms with Crippen molar-refractivity contribution in [1.29, 1.82) is 0 Å². The Hall–Kier alpha value is -0.160. The van der Waals surface area contributed by atoms with Crippen LogP contribution in [0.4, 0.5) is 0 Å². The van der Waals surface area contributed by atoms with E-state index in [0.717, 1.165) is 18.5 Å². The second-order valence-corrected chi connectivity index (χ2v) is 7.82. The summed E-state index contributed by atoms with van der Waals surface area (Å²) >= 11 is 0. The summed E-state index contributed by atoms with van der Waals surface area (Å²) in [5.41, 5.74) is 6.63. The van der Waals surface area contributed by atoms with Crippen LogP contribution in [0.15, 0.2) is 0 Å². The van der Waals surface area contributed by atoms with Gasteiger partial charge in [0.1, 0.15) is 0 Å². The van der Waals surface area contributed by atoms with Crippen LogP contribution in [0.2, 0.25) is 0 Å². The Balaban J connectivity index is 1.42. The summed E-state index contributed by atoms with van der Waals surface area (Å²) in [6, 6.07) is 0.896. The van der Waals surface area contributed by atoms with Crippen molar-refractivity contribution < 1.29 is 0 Å². The number of rotatable bonds is 3. The molecule has 21 heavy (non-hydrogen) atoms. The number of nitrogens with zero attached hydrogens (tertiary/aromatic N) is 3. The van der Waals surface area contributed by atoms with E-state index in [2.05, 4.69) is 14.7 Å². The van der Waals surface area contributed by atoms with E-state index >= 15 is 0 Å². The van der Waals surface area contributed by atoms with Gasteiger partial charge in [-0.25, -0.2) is 0 Å². The van der Waals surface area contributed by atoms with Crippen LogP contribution in [0, 0.1) is 5.92 Å². The van der Waals surface area contributed by atoms with Crippen LogP contribution in [-0.2, 0) is 0 Å². The Morgan fingerprint density at radius 1 is 0.857 bits per heavy atom. The van der Waals surface area contributed by atoms with Gasteiger partial charge in [-0.3, -0.25) is 9.80 Å². The molecular formula is C17H32N4. The van der Waals surface area contributed by atoms with Crippen molar-refractivity contribution in [1.82, 2.24) is 14.7 Å². The molecule has 1 aliphatic carbocycles. The van der Waals surface area contributed by atoms with Gasteiger partial charge in [-0.15, -0.1) is 0 Å². The molecule has 5 rings (SSSR count). The second-order valence-electron chi connectivity index (χ2n) is 7.82. The minimum atomic E-state index is 0.304. The normalized spacial score (nSPS) is 42.7. The first-order chi connectivity index (χ1) is 10.3. The average molecular weight is 292 g/mol. The first-order valence-electron chi connectivity index (χ1n) is 9.23. The van der Waals surface area contributed by atoms with Crippen LogP contribution < -0.4 is 5.73 Å². The third-order valence-corrected chi connectivity index (χ3v) is 6.98. The Kier molecular flexibility index (Phi) is 3.99. The molecule has 2 N–H and O–H groups in total. The van der Waals surface area contributed by atoms with Gasteiger partial charge in [0, 0.05) is 50.8 Å². The molecule has 1 unspecified atom stereocenters. The molecule has 0 aromatic rings. The van der Waals surface area contributed by atoms with Crippen molar-refractivity contribution in [3.8, 4) is 0 Å². The van der Waals surface area contributed by atoms with Crippen molar-refractivity contribution in [3.63, 3.8) is 0 Å². The number of piperidine rings is 3. The molecule has 1 saturated carbocycles. The zero-order valence-electron chi connectivity index (χ0n) is 13.5. The van der Waals surface area contributed by atoms with Gasteiger partial charge in [0.15, 0.2) is 0 Å². The van der Waals surface area contributed by atoms with E-state index in [1.54, 1.807) is 0 Å². The zero-order valence-corrected chi connectivity index (χ0v) is 13.5. The van der Waals surface area contributed by atoms with E-state index < -0.39 is 0 Å². The molecule has 0 aromatic carbocycles. The molecule has 0 amide bonds. The minimum Gasteiger partial charge on any atom is -0.329 e. The van der Waals surface area contributed by atoms with E-state index in [1.165, 1.54) is 84.3 Å². The lowest BCUT2D eigenvalue weighted by atomic mass is 9.71. The fourth-order valence-corrected chi connectivity index (χ4v) is 5.67. The monoisotopic (exact) mass is 292 g/mol. The van der Waals surface area contributed by atoms with Gasteiger partial charge in [-0.05, 0) is 44.7 Å². The maximum atomic E-state index is 6.33. The third-order valence-electron chi connectivity index (χ3n) is 6.98. The molecule has 4 nitrogen and oxygen atoms in total. The maximum Gasteiger partial charge on any atom is 0.0488 e. The molecular weight excluding hydrogens is 260 g/mol. The van der Waals surface area contributed by atoms with Crippen LogP contribution in [0.1, 0.15) is 38.5 Å². The standard InChI is InChI=1S/C17H32N4/c18-13-17(14-19-7-5-15(17)6-8-19)21-11-9-20(10-12-21)16-3-1-2-4-16/h15-16H,1-14,18H2. The highest BCUT2D eigenvalue weighted by molar-refractivity contribution is 5.07. The number of hydrogen-bond donors (Lipinski definition) is 1. The molecule has 5 aliphatic rings. The highest BCUT2D eigenvalue weighted by atomic mass is 15.3. The summed E-state index contributed by atoms with van der Waals surface area (Å²) in [7, 11) is 0. The van der Waals surface area contributed by atoms with Crippen LogP contribution in [0.5, 0.6) is 0 Å².